The number of amides is 2. The molecule has 2 aliphatic rings. The zero-order valence-corrected chi connectivity index (χ0v) is 19.1. The molecule has 7 nitrogen and oxygen atoms in total. The number of benzene rings is 3. The van der Waals surface area contributed by atoms with Gasteiger partial charge in [0.25, 0.3) is 5.91 Å². The Morgan fingerprint density at radius 2 is 1.54 bits per heavy atom. The number of hydrogen-bond donors (Lipinski definition) is 2. The standard InChI is InChI=1S/C28H26N2O5/c31-26(30-15-5-6-19(16-30)27(32)33)18-11-13-20(14-12-18)29-28(34)35-17-25-23-9-3-1-7-21(23)22-8-2-4-10-24(22)25/h1-4,7-14,19,25H,5-6,15-17H2,(H,29,34)(H,32,33). The van der Waals surface area contributed by atoms with Crippen LogP contribution in [0.1, 0.15) is 40.2 Å². The van der Waals surface area contributed by atoms with Crippen molar-refractivity contribution in [3.05, 3.63) is 89.5 Å². The molecule has 1 aliphatic heterocycles. The number of hydrogen-bond acceptors (Lipinski definition) is 4. The lowest BCUT2D eigenvalue weighted by Gasteiger charge is -2.30. The molecule has 1 aliphatic carbocycles. The Hall–Kier alpha value is -4.13. The molecule has 0 radical (unpaired) electrons. The summed E-state index contributed by atoms with van der Waals surface area (Å²) in [5, 5.41) is 12.0. The molecule has 0 aromatic heterocycles. The minimum atomic E-state index is -0.870. The van der Waals surface area contributed by atoms with Crippen molar-refractivity contribution >= 4 is 23.7 Å². The lowest BCUT2D eigenvalue weighted by molar-refractivity contribution is -0.143. The predicted molar refractivity (Wildman–Crippen MR) is 131 cm³/mol. The second kappa shape index (κ2) is 9.62. The van der Waals surface area contributed by atoms with Crippen LogP contribution in [0.5, 0.6) is 0 Å². The number of ether oxygens (including phenoxy) is 1. The molecule has 1 unspecified atom stereocenters. The van der Waals surface area contributed by atoms with Crippen LogP contribution in [0.4, 0.5) is 10.5 Å². The number of likely N-dealkylation sites (tertiary alicyclic amines) is 1. The maximum atomic E-state index is 12.8. The van der Waals surface area contributed by atoms with Crippen molar-refractivity contribution in [1.29, 1.82) is 0 Å². The van der Waals surface area contributed by atoms with Crippen LogP contribution < -0.4 is 5.32 Å². The molecule has 3 aromatic rings. The monoisotopic (exact) mass is 470 g/mol. The first-order valence-electron chi connectivity index (χ1n) is 11.8. The zero-order chi connectivity index (χ0) is 24.4. The van der Waals surface area contributed by atoms with Crippen LogP contribution in [0.15, 0.2) is 72.8 Å². The Kier molecular flexibility index (Phi) is 6.23. The molecule has 0 saturated carbocycles. The number of carbonyl (C=O) groups is 3. The summed E-state index contributed by atoms with van der Waals surface area (Å²) in [7, 11) is 0. The summed E-state index contributed by atoms with van der Waals surface area (Å²) in [6.45, 7) is 0.979. The molecule has 1 atom stereocenters. The molecule has 35 heavy (non-hydrogen) atoms. The Labute approximate surface area is 203 Å². The van der Waals surface area contributed by atoms with Crippen molar-refractivity contribution in [3.63, 3.8) is 0 Å². The SMILES string of the molecule is O=C(Nc1ccc(C(=O)N2CCCC(C(=O)O)C2)cc1)OCC1c2ccccc2-c2ccccc21. The molecule has 2 amide bonds. The fraction of sp³-hybridized carbons (Fsp3) is 0.250. The second-order valence-electron chi connectivity index (χ2n) is 8.96. The highest BCUT2D eigenvalue weighted by atomic mass is 16.5. The number of nitrogens with one attached hydrogen (secondary N) is 1. The molecule has 5 rings (SSSR count). The Balaban J connectivity index is 1.19. The normalized spacial score (nSPS) is 16.8. The van der Waals surface area contributed by atoms with Gasteiger partial charge < -0.3 is 14.7 Å². The van der Waals surface area contributed by atoms with E-state index < -0.39 is 18.0 Å². The number of rotatable bonds is 5. The van der Waals surface area contributed by atoms with Gasteiger partial charge in [-0.2, -0.15) is 0 Å². The van der Waals surface area contributed by atoms with Crippen molar-refractivity contribution in [2.45, 2.75) is 18.8 Å². The van der Waals surface area contributed by atoms with Gasteiger partial charge in [-0.05, 0) is 59.4 Å². The third-order valence-electron chi connectivity index (χ3n) is 6.78. The average Bonchev–Trinajstić information content (AvgIpc) is 3.21. The number of piperidine rings is 1. The van der Waals surface area contributed by atoms with Gasteiger partial charge in [0, 0.05) is 30.3 Å². The third-order valence-corrected chi connectivity index (χ3v) is 6.78. The summed E-state index contributed by atoms with van der Waals surface area (Å²) >= 11 is 0. The maximum absolute atomic E-state index is 12.8. The highest BCUT2D eigenvalue weighted by Gasteiger charge is 2.30. The number of carboxylic acids is 1. The number of anilines is 1. The van der Waals surface area contributed by atoms with E-state index in [9.17, 15) is 19.5 Å². The fourth-order valence-corrected chi connectivity index (χ4v) is 4.99. The average molecular weight is 471 g/mol. The van der Waals surface area contributed by atoms with E-state index in [0.29, 0.717) is 30.6 Å². The number of aliphatic carboxylic acids is 1. The van der Waals surface area contributed by atoms with E-state index in [-0.39, 0.29) is 25.0 Å². The molecule has 1 saturated heterocycles. The van der Waals surface area contributed by atoms with E-state index in [1.807, 2.05) is 24.3 Å². The lowest BCUT2D eigenvalue weighted by Crippen LogP contribution is -2.42. The van der Waals surface area contributed by atoms with E-state index in [2.05, 4.69) is 29.6 Å². The van der Waals surface area contributed by atoms with Gasteiger partial charge in [-0.25, -0.2) is 4.79 Å². The minimum absolute atomic E-state index is 0.0210. The van der Waals surface area contributed by atoms with Crippen LogP contribution in [0.2, 0.25) is 0 Å². The summed E-state index contributed by atoms with van der Waals surface area (Å²) in [5.74, 6) is -1.62. The third kappa shape index (κ3) is 4.62. The van der Waals surface area contributed by atoms with Gasteiger partial charge in [-0.3, -0.25) is 14.9 Å². The van der Waals surface area contributed by atoms with Gasteiger partial charge in [0.15, 0.2) is 0 Å². The first-order valence-corrected chi connectivity index (χ1v) is 11.8. The number of nitrogens with zero attached hydrogens (tertiary/aromatic N) is 1. The topological polar surface area (TPSA) is 95.9 Å². The highest BCUT2D eigenvalue weighted by Crippen LogP contribution is 2.44. The fourth-order valence-electron chi connectivity index (χ4n) is 4.99. The predicted octanol–water partition coefficient (Wildman–Crippen LogP) is 4.98. The largest absolute Gasteiger partial charge is 0.481 e. The summed E-state index contributed by atoms with van der Waals surface area (Å²) in [6, 6.07) is 22.9. The number of fused-ring (bicyclic) bond motifs is 3. The maximum Gasteiger partial charge on any atom is 0.411 e. The Bertz CT molecular complexity index is 1220. The highest BCUT2D eigenvalue weighted by molar-refractivity contribution is 5.95. The first kappa shape index (κ1) is 22.7. The second-order valence-corrected chi connectivity index (χ2v) is 8.96. The van der Waals surface area contributed by atoms with Crippen LogP contribution in [0.25, 0.3) is 11.1 Å². The summed E-state index contributed by atoms with van der Waals surface area (Å²) in [6.07, 6.45) is 0.693. The van der Waals surface area contributed by atoms with Gasteiger partial charge >= 0.3 is 12.1 Å². The molecule has 0 bridgehead atoms. The molecule has 3 aromatic carbocycles. The van der Waals surface area contributed by atoms with E-state index in [1.165, 1.54) is 11.1 Å². The van der Waals surface area contributed by atoms with Gasteiger partial charge in [0.2, 0.25) is 0 Å². The molecule has 1 fully saturated rings. The van der Waals surface area contributed by atoms with Crippen LogP contribution >= 0.6 is 0 Å². The first-order chi connectivity index (χ1) is 17.0. The number of carbonyl (C=O) groups excluding carboxylic acids is 2. The van der Waals surface area contributed by atoms with Crippen molar-refractivity contribution in [2.24, 2.45) is 5.92 Å². The van der Waals surface area contributed by atoms with Crippen molar-refractivity contribution in [3.8, 4) is 11.1 Å². The minimum Gasteiger partial charge on any atom is -0.481 e. The van der Waals surface area contributed by atoms with Gasteiger partial charge in [-0.15, -0.1) is 0 Å². The van der Waals surface area contributed by atoms with Gasteiger partial charge in [0.05, 0.1) is 5.92 Å². The van der Waals surface area contributed by atoms with Crippen molar-refractivity contribution in [1.82, 2.24) is 4.90 Å². The summed E-state index contributed by atoms with van der Waals surface area (Å²) in [5.41, 5.74) is 5.59. The van der Waals surface area contributed by atoms with Crippen LogP contribution in [-0.2, 0) is 9.53 Å². The molecule has 2 N–H and O–H groups in total. The quantitative estimate of drug-likeness (QED) is 0.548. The molecule has 0 spiro atoms. The summed E-state index contributed by atoms with van der Waals surface area (Å²) in [4.78, 5) is 38.1. The van der Waals surface area contributed by atoms with Gasteiger partial charge in [0.1, 0.15) is 6.61 Å². The van der Waals surface area contributed by atoms with Crippen molar-refractivity contribution < 1.29 is 24.2 Å². The van der Waals surface area contributed by atoms with Crippen molar-refractivity contribution in [2.75, 3.05) is 25.0 Å². The van der Waals surface area contributed by atoms with E-state index in [0.717, 1.165) is 11.1 Å². The van der Waals surface area contributed by atoms with Crippen LogP contribution in [0.3, 0.4) is 0 Å². The van der Waals surface area contributed by atoms with E-state index >= 15 is 0 Å². The summed E-state index contributed by atoms with van der Waals surface area (Å²) < 4.78 is 5.57. The number of carboxylic acid groups (broad SMARTS) is 1. The van der Waals surface area contributed by atoms with Gasteiger partial charge in [-0.1, -0.05) is 48.5 Å². The molecule has 1 heterocycles. The van der Waals surface area contributed by atoms with Crippen LogP contribution in [-0.4, -0.2) is 47.7 Å². The smallest absolute Gasteiger partial charge is 0.411 e. The lowest BCUT2D eigenvalue weighted by atomic mass is 9.97. The van der Waals surface area contributed by atoms with E-state index in [4.69, 9.17) is 4.74 Å². The van der Waals surface area contributed by atoms with E-state index in [1.54, 1.807) is 29.2 Å². The Morgan fingerprint density at radius 3 is 2.17 bits per heavy atom. The molecule has 178 valence electrons. The Morgan fingerprint density at radius 1 is 0.914 bits per heavy atom. The van der Waals surface area contributed by atoms with Crippen LogP contribution in [0, 0.1) is 5.92 Å². The molecule has 7 heteroatoms. The zero-order valence-electron chi connectivity index (χ0n) is 19.1. The molecular weight excluding hydrogens is 444 g/mol. The molecular formula is C28H26N2O5.